The van der Waals surface area contributed by atoms with E-state index in [1.807, 2.05) is 6.07 Å². The van der Waals surface area contributed by atoms with E-state index in [1.54, 1.807) is 7.11 Å². The van der Waals surface area contributed by atoms with Gasteiger partial charge in [-0.3, -0.25) is 0 Å². The maximum absolute atomic E-state index is 6.98. The van der Waals surface area contributed by atoms with E-state index in [0.29, 0.717) is 0 Å². The zero-order valence-electron chi connectivity index (χ0n) is 13.7. The summed E-state index contributed by atoms with van der Waals surface area (Å²) in [6, 6.07) is 23.2. The lowest BCUT2D eigenvalue weighted by Crippen LogP contribution is -2.30. The third kappa shape index (κ3) is 3.14. The van der Waals surface area contributed by atoms with Crippen molar-refractivity contribution >= 4 is 29.2 Å². The fourth-order valence-electron chi connectivity index (χ4n) is 3.30. The average molecular weight is 341 g/mol. The van der Waals surface area contributed by atoms with Crippen molar-refractivity contribution in [2.24, 2.45) is 0 Å². The van der Waals surface area contributed by atoms with Gasteiger partial charge in [-0.1, -0.05) is 73.8 Å². The Kier molecular flexibility index (Phi) is 4.47. The van der Waals surface area contributed by atoms with E-state index in [-0.39, 0.29) is 5.54 Å². The van der Waals surface area contributed by atoms with Crippen LogP contribution in [-0.4, -0.2) is 14.5 Å². The van der Waals surface area contributed by atoms with Gasteiger partial charge in [-0.25, -0.2) is 0 Å². The zero-order valence-corrected chi connectivity index (χ0v) is 15.5. The maximum atomic E-state index is 6.98. The number of fused-ring (bicyclic) bond motifs is 1. The number of methoxy groups -OCH3 is 1. The van der Waals surface area contributed by atoms with Crippen LogP contribution >= 0.6 is 11.1 Å². The molecule has 0 heterocycles. The first-order valence-corrected chi connectivity index (χ1v) is 11.9. The van der Waals surface area contributed by atoms with Gasteiger partial charge in [-0.05, 0) is 22.4 Å². The van der Waals surface area contributed by atoms with Gasteiger partial charge in [0.2, 0.25) is 0 Å². The van der Waals surface area contributed by atoms with Gasteiger partial charge in [0.25, 0.3) is 0 Å². The van der Waals surface area contributed by atoms with E-state index in [2.05, 4.69) is 73.8 Å². The maximum Gasteiger partial charge on any atom is 0.162 e. The summed E-state index contributed by atoms with van der Waals surface area (Å²) in [7, 11) is -0.306. The number of rotatable bonds is 4. The van der Waals surface area contributed by atoms with Crippen LogP contribution in [0.3, 0.4) is 0 Å². The van der Waals surface area contributed by atoms with Crippen LogP contribution in [0.15, 0.2) is 66.7 Å². The SMILES string of the molecule is COc1ccc2ccccc2c1C(c1ccccc1)[Si](C)(C)Cl. The molecule has 0 N–H and O–H groups in total. The van der Waals surface area contributed by atoms with E-state index in [4.69, 9.17) is 15.8 Å². The number of hydrogen-bond donors (Lipinski definition) is 0. The first kappa shape index (κ1) is 16.1. The average Bonchev–Trinajstić information content (AvgIpc) is 2.55. The minimum Gasteiger partial charge on any atom is -0.496 e. The molecule has 0 bridgehead atoms. The van der Waals surface area contributed by atoms with E-state index in [0.717, 1.165) is 5.75 Å². The quantitative estimate of drug-likeness (QED) is 0.420. The molecule has 0 aliphatic rings. The Bertz CT molecular complexity index is 809. The minimum absolute atomic E-state index is 0.173. The first-order valence-electron chi connectivity index (χ1n) is 7.82. The molecule has 0 aromatic heterocycles. The van der Waals surface area contributed by atoms with Crippen molar-refractivity contribution in [2.75, 3.05) is 7.11 Å². The predicted octanol–water partition coefficient (Wildman–Crippen LogP) is 5.96. The van der Waals surface area contributed by atoms with Gasteiger partial charge in [0.15, 0.2) is 7.38 Å². The summed E-state index contributed by atoms with van der Waals surface area (Å²) in [5, 5.41) is 2.45. The highest BCUT2D eigenvalue weighted by Gasteiger charge is 2.35. The van der Waals surface area contributed by atoms with Crippen LogP contribution in [0.4, 0.5) is 0 Å². The molecule has 23 heavy (non-hydrogen) atoms. The van der Waals surface area contributed by atoms with Gasteiger partial charge < -0.3 is 4.74 Å². The summed E-state index contributed by atoms with van der Waals surface area (Å²) < 4.78 is 5.71. The van der Waals surface area contributed by atoms with E-state index < -0.39 is 7.38 Å². The van der Waals surface area contributed by atoms with Crippen molar-refractivity contribution in [1.82, 2.24) is 0 Å². The number of benzene rings is 3. The Morgan fingerprint density at radius 3 is 2.17 bits per heavy atom. The molecular weight excluding hydrogens is 320 g/mol. The van der Waals surface area contributed by atoms with E-state index in [1.165, 1.54) is 21.9 Å². The van der Waals surface area contributed by atoms with Gasteiger partial charge in [0.1, 0.15) is 5.75 Å². The number of ether oxygens (including phenoxy) is 1. The highest BCUT2D eigenvalue weighted by molar-refractivity contribution is 7.20. The zero-order chi connectivity index (χ0) is 16.4. The fraction of sp³-hybridized carbons (Fsp3) is 0.200. The van der Waals surface area contributed by atoms with Gasteiger partial charge in [0.05, 0.1) is 7.11 Å². The smallest absolute Gasteiger partial charge is 0.162 e. The van der Waals surface area contributed by atoms with Crippen LogP contribution < -0.4 is 4.74 Å². The molecule has 3 aromatic carbocycles. The molecule has 118 valence electrons. The fourth-order valence-corrected chi connectivity index (χ4v) is 5.98. The summed E-state index contributed by atoms with van der Waals surface area (Å²) in [5.74, 6) is 0.916. The minimum atomic E-state index is -2.04. The van der Waals surface area contributed by atoms with Gasteiger partial charge >= 0.3 is 0 Å². The molecule has 0 aliphatic heterocycles. The third-order valence-corrected chi connectivity index (χ3v) is 6.91. The monoisotopic (exact) mass is 340 g/mol. The summed E-state index contributed by atoms with van der Waals surface area (Å²) >= 11 is 6.98. The van der Waals surface area contributed by atoms with Crippen LogP contribution in [0, 0.1) is 0 Å². The van der Waals surface area contributed by atoms with Gasteiger partial charge in [0, 0.05) is 11.1 Å². The van der Waals surface area contributed by atoms with Crippen molar-refractivity contribution in [1.29, 1.82) is 0 Å². The highest BCUT2D eigenvalue weighted by Crippen LogP contribution is 2.43. The van der Waals surface area contributed by atoms with Crippen LogP contribution in [0.1, 0.15) is 16.7 Å². The van der Waals surface area contributed by atoms with Crippen molar-refractivity contribution < 1.29 is 4.74 Å². The molecule has 0 radical (unpaired) electrons. The summed E-state index contributed by atoms with van der Waals surface area (Å²) in [6.45, 7) is 4.40. The molecule has 0 aliphatic carbocycles. The second-order valence-corrected chi connectivity index (χ2v) is 12.9. The molecule has 3 aromatic rings. The molecule has 0 saturated carbocycles. The Labute approximate surface area is 143 Å². The van der Waals surface area contributed by atoms with Crippen LogP contribution in [0.2, 0.25) is 13.1 Å². The van der Waals surface area contributed by atoms with Gasteiger partial charge in [-0.15, -0.1) is 0 Å². The van der Waals surface area contributed by atoms with E-state index >= 15 is 0 Å². The molecule has 0 fully saturated rings. The van der Waals surface area contributed by atoms with Crippen molar-refractivity contribution in [3.8, 4) is 5.75 Å². The Balaban J connectivity index is 2.34. The van der Waals surface area contributed by atoms with Crippen LogP contribution in [0.5, 0.6) is 5.75 Å². The van der Waals surface area contributed by atoms with E-state index in [9.17, 15) is 0 Å². The van der Waals surface area contributed by atoms with Crippen molar-refractivity contribution in [3.05, 3.63) is 77.9 Å². The molecule has 3 heteroatoms. The normalized spacial score (nSPS) is 13.0. The second-order valence-electron chi connectivity index (χ2n) is 6.31. The molecule has 0 spiro atoms. The molecule has 1 atom stereocenters. The molecular formula is C20H21ClOSi. The lowest BCUT2D eigenvalue weighted by Gasteiger charge is -2.30. The number of hydrogen-bond acceptors (Lipinski definition) is 1. The molecule has 1 unspecified atom stereocenters. The van der Waals surface area contributed by atoms with Crippen LogP contribution in [-0.2, 0) is 0 Å². The third-order valence-electron chi connectivity index (χ3n) is 4.26. The molecule has 3 rings (SSSR count). The summed E-state index contributed by atoms with van der Waals surface area (Å²) in [5.41, 5.74) is 2.64. The van der Waals surface area contributed by atoms with Crippen LogP contribution in [0.25, 0.3) is 10.8 Å². The molecule has 1 nitrogen and oxygen atoms in total. The largest absolute Gasteiger partial charge is 0.496 e. The van der Waals surface area contributed by atoms with Crippen molar-refractivity contribution in [3.63, 3.8) is 0 Å². The second kappa shape index (κ2) is 6.38. The highest BCUT2D eigenvalue weighted by atomic mass is 35.6. The van der Waals surface area contributed by atoms with Crippen molar-refractivity contribution in [2.45, 2.75) is 18.6 Å². The standard InChI is InChI=1S/C20H21ClOSi/c1-22-18-14-13-15-9-7-8-12-17(15)19(18)20(23(2,3)21)16-10-5-4-6-11-16/h4-14,20H,1-3H3. The Hall–Kier alpha value is -1.77. The number of halogens is 1. The van der Waals surface area contributed by atoms with Gasteiger partial charge in [-0.2, -0.15) is 11.1 Å². The topological polar surface area (TPSA) is 9.23 Å². The first-order chi connectivity index (χ1) is 11.0. The lowest BCUT2D eigenvalue weighted by molar-refractivity contribution is 0.411. The Morgan fingerprint density at radius 2 is 1.52 bits per heavy atom. The summed E-state index contributed by atoms with van der Waals surface area (Å²) in [6.07, 6.45) is 0. The molecule has 0 saturated heterocycles. The molecule has 0 amide bonds. The lowest BCUT2D eigenvalue weighted by atomic mass is 9.96. The summed E-state index contributed by atoms with van der Waals surface area (Å²) in [4.78, 5) is 0. The predicted molar refractivity (Wildman–Crippen MR) is 102 cm³/mol. The Morgan fingerprint density at radius 1 is 0.870 bits per heavy atom.